The van der Waals surface area contributed by atoms with Gasteiger partial charge in [0.25, 0.3) is 0 Å². The number of ether oxygens (including phenoxy) is 2. The lowest BCUT2D eigenvalue weighted by Crippen LogP contribution is -2.33. The third-order valence-corrected chi connectivity index (χ3v) is 4.88. The predicted octanol–water partition coefficient (Wildman–Crippen LogP) is 4.27. The van der Waals surface area contributed by atoms with Crippen molar-refractivity contribution in [2.24, 2.45) is 0 Å². The van der Waals surface area contributed by atoms with Crippen molar-refractivity contribution in [1.29, 1.82) is 0 Å². The Hall–Kier alpha value is -2.49. The number of nitrogens with zero attached hydrogens (tertiary/aromatic N) is 1. The molecule has 1 fully saturated rings. The van der Waals surface area contributed by atoms with Gasteiger partial charge in [0.05, 0.1) is 20.1 Å². The van der Waals surface area contributed by atoms with E-state index in [0.29, 0.717) is 25.6 Å². The second kappa shape index (κ2) is 8.26. The first-order valence-corrected chi connectivity index (χ1v) is 9.19. The summed E-state index contributed by atoms with van der Waals surface area (Å²) in [4.78, 5) is 14.7. The fraction of sp³-hybridized carbons (Fsp3) is 0.409. The molecule has 26 heavy (non-hydrogen) atoms. The van der Waals surface area contributed by atoms with Crippen molar-refractivity contribution in [2.75, 3.05) is 13.7 Å². The summed E-state index contributed by atoms with van der Waals surface area (Å²) in [5, 5.41) is 0. The number of carbonyl (C=O) groups is 1. The molecule has 3 rings (SSSR count). The highest BCUT2D eigenvalue weighted by Crippen LogP contribution is 2.29. The Bertz CT molecular complexity index is 750. The highest BCUT2D eigenvalue weighted by molar-refractivity contribution is 5.77. The molecular weight excluding hydrogens is 326 g/mol. The van der Waals surface area contributed by atoms with Crippen LogP contribution in [0.15, 0.2) is 42.5 Å². The number of amides is 1. The third-order valence-electron chi connectivity index (χ3n) is 4.88. The van der Waals surface area contributed by atoms with E-state index in [-0.39, 0.29) is 5.91 Å². The lowest BCUT2D eigenvalue weighted by Gasteiger charge is -2.23. The molecule has 2 aromatic carbocycles. The maximum atomic E-state index is 12.7. The van der Waals surface area contributed by atoms with E-state index in [1.165, 1.54) is 11.1 Å². The molecule has 0 radical (unpaired) electrons. The van der Waals surface area contributed by atoms with Crippen LogP contribution in [0.1, 0.15) is 36.0 Å². The van der Waals surface area contributed by atoms with Gasteiger partial charge in [0.15, 0.2) is 0 Å². The van der Waals surface area contributed by atoms with Gasteiger partial charge in [-0.2, -0.15) is 0 Å². The predicted molar refractivity (Wildman–Crippen MR) is 103 cm³/mol. The Kier molecular flexibility index (Phi) is 5.82. The molecule has 2 aromatic rings. The highest BCUT2D eigenvalue weighted by atomic mass is 16.5. The summed E-state index contributed by atoms with van der Waals surface area (Å²) in [5.41, 5.74) is 3.57. The Morgan fingerprint density at radius 3 is 2.35 bits per heavy atom. The van der Waals surface area contributed by atoms with E-state index in [2.05, 4.69) is 13.8 Å². The number of carbonyl (C=O) groups excluding carboxylic acids is 1. The van der Waals surface area contributed by atoms with Crippen LogP contribution in [0.25, 0.3) is 0 Å². The van der Waals surface area contributed by atoms with Gasteiger partial charge < -0.3 is 14.4 Å². The average Bonchev–Trinajstić information content (AvgIpc) is 3.48. The Balaban J connectivity index is 1.54. The first-order chi connectivity index (χ1) is 12.6. The van der Waals surface area contributed by atoms with Gasteiger partial charge >= 0.3 is 0 Å². The minimum absolute atomic E-state index is 0.159. The summed E-state index contributed by atoms with van der Waals surface area (Å²) < 4.78 is 11.0. The Morgan fingerprint density at radius 2 is 1.73 bits per heavy atom. The van der Waals surface area contributed by atoms with Crippen LogP contribution in [0.4, 0.5) is 0 Å². The fourth-order valence-electron chi connectivity index (χ4n) is 2.94. The van der Waals surface area contributed by atoms with E-state index in [1.807, 2.05) is 47.4 Å². The van der Waals surface area contributed by atoms with E-state index in [4.69, 9.17) is 9.47 Å². The van der Waals surface area contributed by atoms with Gasteiger partial charge in [0.2, 0.25) is 5.91 Å². The number of aryl methyl sites for hydroxylation is 2. The number of methoxy groups -OCH3 is 1. The standard InChI is InChI=1S/C22H27NO3/c1-16-4-9-21(14-17(16)2)26-13-12-22(24)23(19-7-8-19)15-18-5-10-20(25-3)11-6-18/h4-6,9-11,14,19H,7-8,12-13,15H2,1-3H3. The fourth-order valence-corrected chi connectivity index (χ4v) is 2.94. The third kappa shape index (κ3) is 4.78. The molecule has 1 aliphatic rings. The molecule has 0 aromatic heterocycles. The summed E-state index contributed by atoms with van der Waals surface area (Å²) in [7, 11) is 1.66. The molecule has 1 saturated carbocycles. The van der Waals surface area contributed by atoms with Crippen LogP contribution in [-0.2, 0) is 11.3 Å². The van der Waals surface area contributed by atoms with Crippen molar-refractivity contribution in [3.63, 3.8) is 0 Å². The van der Waals surface area contributed by atoms with Gasteiger partial charge in [-0.25, -0.2) is 0 Å². The molecule has 0 bridgehead atoms. The van der Waals surface area contributed by atoms with Crippen LogP contribution in [0, 0.1) is 13.8 Å². The number of rotatable bonds is 8. The minimum Gasteiger partial charge on any atom is -0.497 e. The first-order valence-electron chi connectivity index (χ1n) is 9.19. The van der Waals surface area contributed by atoms with Crippen LogP contribution in [0.2, 0.25) is 0 Å². The summed E-state index contributed by atoms with van der Waals surface area (Å²) in [6.45, 7) is 5.21. The first kappa shape index (κ1) is 18.3. The molecule has 1 aliphatic carbocycles. The van der Waals surface area contributed by atoms with Crippen molar-refractivity contribution in [3.05, 3.63) is 59.2 Å². The van der Waals surface area contributed by atoms with E-state index in [9.17, 15) is 4.79 Å². The van der Waals surface area contributed by atoms with Crippen LogP contribution in [0.3, 0.4) is 0 Å². The van der Waals surface area contributed by atoms with Crippen molar-refractivity contribution in [1.82, 2.24) is 4.90 Å². The van der Waals surface area contributed by atoms with Gasteiger partial charge in [-0.15, -0.1) is 0 Å². The maximum absolute atomic E-state index is 12.7. The monoisotopic (exact) mass is 353 g/mol. The molecule has 0 unspecified atom stereocenters. The zero-order valence-electron chi connectivity index (χ0n) is 15.8. The second-order valence-electron chi connectivity index (χ2n) is 6.95. The number of hydrogen-bond donors (Lipinski definition) is 0. The molecule has 0 aliphatic heterocycles. The summed E-state index contributed by atoms with van der Waals surface area (Å²) in [6.07, 6.45) is 2.60. The van der Waals surface area contributed by atoms with Crippen LogP contribution in [0.5, 0.6) is 11.5 Å². The summed E-state index contributed by atoms with van der Waals surface area (Å²) in [5.74, 6) is 1.82. The van der Waals surface area contributed by atoms with Gasteiger partial charge in [-0.3, -0.25) is 4.79 Å². The Morgan fingerprint density at radius 1 is 1.04 bits per heavy atom. The molecule has 4 nitrogen and oxygen atoms in total. The maximum Gasteiger partial charge on any atom is 0.226 e. The van der Waals surface area contributed by atoms with E-state index >= 15 is 0 Å². The molecule has 0 N–H and O–H groups in total. The molecule has 4 heteroatoms. The van der Waals surface area contributed by atoms with Crippen molar-refractivity contribution < 1.29 is 14.3 Å². The molecule has 1 amide bonds. The smallest absolute Gasteiger partial charge is 0.226 e. The SMILES string of the molecule is COc1ccc(CN(C(=O)CCOc2ccc(C)c(C)c2)C2CC2)cc1. The van der Waals surface area contributed by atoms with Crippen LogP contribution in [-0.4, -0.2) is 30.6 Å². The number of benzene rings is 2. The summed E-state index contributed by atoms with van der Waals surface area (Å²) >= 11 is 0. The molecule has 0 spiro atoms. The van der Waals surface area contributed by atoms with Gasteiger partial charge in [0, 0.05) is 12.6 Å². The quantitative estimate of drug-likeness (QED) is 0.711. The molecule has 0 atom stereocenters. The van der Waals surface area contributed by atoms with Gasteiger partial charge in [-0.1, -0.05) is 18.2 Å². The zero-order chi connectivity index (χ0) is 18.5. The van der Waals surface area contributed by atoms with Crippen LogP contribution < -0.4 is 9.47 Å². The van der Waals surface area contributed by atoms with Gasteiger partial charge in [0.1, 0.15) is 11.5 Å². The molecule has 0 saturated heterocycles. The Labute approximate surface area is 155 Å². The zero-order valence-corrected chi connectivity index (χ0v) is 15.8. The van der Waals surface area contributed by atoms with E-state index in [0.717, 1.165) is 29.9 Å². The molecular formula is C22H27NO3. The highest BCUT2D eigenvalue weighted by Gasteiger charge is 2.32. The largest absolute Gasteiger partial charge is 0.497 e. The van der Waals surface area contributed by atoms with Crippen molar-refractivity contribution in [2.45, 2.75) is 45.7 Å². The normalized spacial score (nSPS) is 13.3. The van der Waals surface area contributed by atoms with Crippen molar-refractivity contribution in [3.8, 4) is 11.5 Å². The minimum atomic E-state index is 0.159. The van der Waals surface area contributed by atoms with Gasteiger partial charge in [-0.05, 0) is 67.6 Å². The van der Waals surface area contributed by atoms with Crippen LogP contribution >= 0.6 is 0 Å². The summed E-state index contributed by atoms with van der Waals surface area (Å²) in [6, 6.07) is 14.3. The topological polar surface area (TPSA) is 38.8 Å². The number of hydrogen-bond acceptors (Lipinski definition) is 3. The van der Waals surface area contributed by atoms with E-state index < -0.39 is 0 Å². The second-order valence-corrected chi connectivity index (χ2v) is 6.95. The lowest BCUT2D eigenvalue weighted by atomic mass is 10.1. The van der Waals surface area contributed by atoms with Crippen molar-refractivity contribution >= 4 is 5.91 Å². The molecule has 0 heterocycles. The average molecular weight is 353 g/mol. The van der Waals surface area contributed by atoms with E-state index in [1.54, 1.807) is 7.11 Å². The lowest BCUT2D eigenvalue weighted by molar-refractivity contribution is -0.132. The molecule has 138 valence electrons.